The second-order valence-electron chi connectivity index (χ2n) is 5.35. The van der Waals surface area contributed by atoms with Crippen molar-refractivity contribution < 1.29 is 0 Å². The molecule has 0 heterocycles. The van der Waals surface area contributed by atoms with Gasteiger partial charge in [-0.25, -0.2) is 0 Å². The minimum atomic E-state index is -0.0396. The smallest absolute Gasteiger partial charge is 0.103 e. The van der Waals surface area contributed by atoms with E-state index in [1.54, 1.807) is 0 Å². The van der Waals surface area contributed by atoms with Crippen LogP contribution in [-0.2, 0) is 0 Å². The average molecular weight is 293 g/mol. The van der Waals surface area contributed by atoms with Crippen LogP contribution in [0.4, 0.5) is 0 Å². The van der Waals surface area contributed by atoms with Crippen molar-refractivity contribution in [2.75, 3.05) is 14.1 Å². The van der Waals surface area contributed by atoms with Gasteiger partial charge in [-0.15, -0.1) is 0 Å². The predicted molar refractivity (Wildman–Crippen MR) is 94.7 cm³/mol. The van der Waals surface area contributed by atoms with Crippen molar-refractivity contribution in [1.29, 1.82) is 0 Å². The Morgan fingerprint density at radius 3 is 1.64 bits per heavy atom. The summed E-state index contributed by atoms with van der Waals surface area (Å²) in [6.07, 6.45) is 3.72. The van der Waals surface area contributed by atoms with Gasteiger partial charge in [0.25, 0.3) is 0 Å². The van der Waals surface area contributed by atoms with Crippen LogP contribution in [0.5, 0.6) is 0 Å². The Bertz CT molecular complexity index is 603. The molecule has 0 aliphatic heterocycles. The maximum absolute atomic E-state index is 4.78. The van der Waals surface area contributed by atoms with Gasteiger partial charge in [-0.2, -0.15) is 0 Å². The first kappa shape index (κ1) is 16.0. The van der Waals surface area contributed by atoms with Gasteiger partial charge in [0.1, 0.15) is 12.1 Å². The lowest BCUT2D eigenvalue weighted by Gasteiger charge is -2.22. The highest BCUT2D eigenvalue weighted by Crippen LogP contribution is 2.35. The Morgan fingerprint density at radius 1 is 0.773 bits per heavy atom. The molecular formula is C19H23N3. The minimum absolute atomic E-state index is 0.0233. The lowest BCUT2D eigenvalue weighted by atomic mass is 9.94. The molecule has 3 nitrogen and oxygen atoms in total. The standard InChI is InChI=1S/C19H23N3/c1-4-20-18(16-11-7-5-8-12-16)19(21-15-22(2)3)17-13-9-6-10-14-17/h4-15,18-19H,1-3H3/b20-4+,21-15+/t18-,19-/m1/s1. The van der Waals surface area contributed by atoms with E-state index in [4.69, 9.17) is 9.98 Å². The summed E-state index contributed by atoms with van der Waals surface area (Å²) < 4.78 is 0. The van der Waals surface area contributed by atoms with E-state index in [0.29, 0.717) is 0 Å². The lowest BCUT2D eigenvalue weighted by molar-refractivity contribution is 0.563. The summed E-state index contributed by atoms with van der Waals surface area (Å²) in [4.78, 5) is 11.4. The van der Waals surface area contributed by atoms with Crippen LogP contribution in [0.2, 0.25) is 0 Å². The van der Waals surface area contributed by atoms with E-state index in [0.717, 1.165) is 0 Å². The van der Waals surface area contributed by atoms with Gasteiger partial charge in [0.15, 0.2) is 0 Å². The van der Waals surface area contributed by atoms with Gasteiger partial charge in [-0.3, -0.25) is 9.98 Å². The van der Waals surface area contributed by atoms with E-state index in [-0.39, 0.29) is 12.1 Å². The summed E-state index contributed by atoms with van der Waals surface area (Å²) in [6.45, 7) is 1.95. The van der Waals surface area contributed by atoms with Crippen molar-refractivity contribution in [3.05, 3.63) is 71.8 Å². The summed E-state index contributed by atoms with van der Waals surface area (Å²) >= 11 is 0. The third-order valence-corrected chi connectivity index (χ3v) is 3.35. The van der Waals surface area contributed by atoms with Crippen LogP contribution >= 0.6 is 0 Å². The zero-order chi connectivity index (χ0) is 15.8. The van der Waals surface area contributed by atoms with E-state index >= 15 is 0 Å². The normalized spacial score (nSPS) is 14.3. The van der Waals surface area contributed by atoms with Crippen molar-refractivity contribution in [3.63, 3.8) is 0 Å². The Balaban J connectivity index is 2.44. The molecule has 3 heteroatoms. The molecular weight excluding hydrogens is 270 g/mol. The SMILES string of the molecule is C/C=N/[C@H](c1ccccc1)[C@H](/N=C/N(C)C)c1ccccc1. The summed E-state index contributed by atoms with van der Waals surface area (Å²) in [5.74, 6) is 0. The zero-order valence-electron chi connectivity index (χ0n) is 13.4. The number of hydrogen-bond acceptors (Lipinski definition) is 2. The van der Waals surface area contributed by atoms with Crippen molar-refractivity contribution in [3.8, 4) is 0 Å². The third-order valence-electron chi connectivity index (χ3n) is 3.35. The van der Waals surface area contributed by atoms with Gasteiger partial charge in [-0.1, -0.05) is 60.7 Å². The molecule has 114 valence electrons. The van der Waals surface area contributed by atoms with Gasteiger partial charge in [-0.05, 0) is 24.3 Å². The molecule has 0 saturated heterocycles. The van der Waals surface area contributed by atoms with Gasteiger partial charge in [0.05, 0.1) is 6.34 Å². The molecule has 22 heavy (non-hydrogen) atoms. The average Bonchev–Trinajstić information content (AvgIpc) is 2.55. The Morgan fingerprint density at radius 2 is 1.23 bits per heavy atom. The van der Waals surface area contributed by atoms with Gasteiger partial charge < -0.3 is 4.90 Å². The number of nitrogens with zero attached hydrogens (tertiary/aromatic N) is 3. The summed E-state index contributed by atoms with van der Waals surface area (Å²) in [6, 6.07) is 20.6. The summed E-state index contributed by atoms with van der Waals surface area (Å²) in [5, 5.41) is 0. The van der Waals surface area contributed by atoms with Crippen LogP contribution in [0.1, 0.15) is 30.1 Å². The quantitative estimate of drug-likeness (QED) is 0.581. The molecule has 0 N–H and O–H groups in total. The fourth-order valence-corrected chi connectivity index (χ4v) is 2.37. The molecule has 2 aromatic carbocycles. The third kappa shape index (κ3) is 4.29. The number of hydrogen-bond donors (Lipinski definition) is 0. The minimum Gasteiger partial charge on any atom is -0.369 e. The number of aliphatic imine (C=N–C) groups is 2. The maximum Gasteiger partial charge on any atom is 0.103 e. The van der Waals surface area contributed by atoms with Crippen LogP contribution in [0, 0.1) is 0 Å². The highest BCUT2D eigenvalue weighted by molar-refractivity contribution is 5.56. The first-order chi connectivity index (χ1) is 10.7. The molecule has 0 fully saturated rings. The van der Waals surface area contributed by atoms with E-state index in [9.17, 15) is 0 Å². The van der Waals surface area contributed by atoms with Gasteiger partial charge in [0, 0.05) is 14.1 Å². The molecule has 0 radical (unpaired) electrons. The molecule has 0 bridgehead atoms. The van der Waals surface area contributed by atoms with Crippen LogP contribution in [0.25, 0.3) is 0 Å². The fourth-order valence-electron chi connectivity index (χ4n) is 2.37. The second kappa shape index (κ2) is 8.13. The Kier molecular flexibility index (Phi) is 5.90. The molecule has 0 aromatic heterocycles. The zero-order valence-corrected chi connectivity index (χ0v) is 13.4. The van der Waals surface area contributed by atoms with Gasteiger partial charge >= 0.3 is 0 Å². The molecule has 0 spiro atoms. The summed E-state index contributed by atoms with van der Waals surface area (Å²) in [5.41, 5.74) is 2.34. The first-order valence-electron chi connectivity index (χ1n) is 7.49. The maximum atomic E-state index is 4.78. The van der Waals surface area contributed by atoms with Crippen LogP contribution in [0.15, 0.2) is 70.6 Å². The van der Waals surface area contributed by atoms with Crippen LogP contribution in [-0.4, -0.2) is 31.5 Å². The van der Waals surface area contributed by atoms with Crippen LogP contribution < -0.4 is 0 Å². The van der Waals surface area contributed by atoms with Crippen LogP contribution in [0.3, 0.4) is 0 Å². The highest BCUT2D eigenvalue weighted by Gasteiger charge is 2.22. The van der Waals surface area contributed by atoms with Gasteiger partial charge in [0.2, 0.25) is 0 Å². The van der Waals surface area contributed by atoms with Crippen molar-refractivity contribution in [2.24, 2.45) is 9.98 Å². The number of benzene rings is 2. The van der Waals surface area contributed by atoms with Crippen molar-refractivity contribution in [1.82, 2.24) is 4.90 Å². The van der Waals surface area contributed by atoms with E-state index in [1.165, 1.54) is 11.1 Å². The fraction of sp³-hybridized carbons (Fsp3) is 0.263. The van der Waals surface area contributed by atoms with Crippen molar-refractivity contribution in [2.45, 2.75) is 19.0 Å². The van der Waals surface area contributed by atoms with E-state index < -0.39 is 0 Å². The molecule has 0 unspecified atom stereocenters. The van der Waals surface area contributed by atoms with Crippen molar-refractivity contribution >= 4 is 12.6 Å². The monoisotopic (exact) mass is 293 g/mol. The molecule has 0 aliphatic carbocycles. The lowest BCUT2D eigenvalue weighted by Crippen LogP contribution is -2.13. The highest BCUT2D eigenvalue weighted by atomic mass is 15.1. The first-order valence-corrected chi connectivity index (χ1v) is 7.49. The molecule has 2 atom stereocenters. The second-order valence-corrected chi connectivity index (χ2v) is 5.35. The van der Waals surface area contributed by atoms with E-state index in [1.807, 2.05) is 74.9 Å². The molecule has 0 amide bonds. The van der Waals surface area contributed by atoms with E-state index in [2.05, 4.69) is 24.3 Å². The molecule has 2 aromatic rings. The largest absolute Gasteiger partial charge is 0.369 e. The number of rotatable bonds is 6. The Labute approximate surface area is 133 Å². The Hall–Kier alpha value is -2.42. The molecule has 0 aliphatic rings. The predicted octanol–water partition coefficient (Wildman–Crippen LogP) is 4.15. The molecule has 2 rings (SSSR count). The molecule has 0 saturated carbocycles. The summed E-state index contributed by atoms with van der Waals surface area (Å²) in [7, 11) is 3.96. The topological polar surface area (TPSA) is 28.0 Å².